The number of amides is 2. The highest BCUT2D eigenvalue weighted by molar-refractivity contribution is 6.03. The minimum absolute atomic E-state index is 0.0247. The van der Waals surface area contributed by atoms with Gasteiger partial charge in [0.05, 0.1) is 18.8 Å². The number of carbonyl (C=O) groups is 2. The molecule has 0 spiro atoms. The lowest BCUT2D eigenvalue weighted by molar-refractivity contribution is -0.131. The van der Waals surface area contributed by atoms with E-state index in [-0.39, 0.29) is 18.4 Å². The van der Waals surface area contributed by atoms with Gasteiger partial charge in [-0.25, -0.2) is 0 Å². The van der Waals surface area contributed by atoms with Crippen molar-refractivity contribution in [1.82, 2.24) is 14.8 Å². The Bertz CT molecular complexity index is 1400. The number of carbonyl (C=O) groups excluding carboxylic acids is 2. The van der Waals surface area contributed by atoms with Gasteiger partial charge < -0.3 is 19.5 Å². The number of nitrogens with zero attached hydrogens (tertiary/aromatic N) is 2. The van der Waals surface area contributed by atoms with Crippen LogP contribution in [0.2, 0.25) is 0 Å². The van der Waals surface area contributed by atoms with Crippen LogP contribution in [0, 0.1) is 0 Å². The highest BCUT2D eigenvalue weighted by Gasteiger charge is 2.41. The molecule has 6 nitrogen and oxygen atoms in total. The number of likely N-dealkylation sites (N-methyl/N-ethyl adjacent to an activating group) is 1. The second kappa shape index (κ2) is 9.29. The molecule has 3 aromatic carbocycles. The van der Waals surface area contributed by atoms with Crippen molar-refractivity contribution in [2.75, 3.05) is 26.7 Å². The number of methoxy groups -OCH3 is 1. The average molecular weight is 468 g/mol. The summed E-state index contributed by atoms with van der Waals surface area (Å²) in [6, 6.07) is 23.3. The van der Waals surface area contributed by atoms with Crippen LogP contribution in [0.4, 0.5) is 0 Å². The number of ether oxygens (including phenoxy) is 1. The van der Waals surface area contributed by atoms with Crippen molar-refractivity contribution >= 4 is 22.7 Å². The van der Waals surface area contributed by atoms with Gasteiger partial charge in [-0.15, -0.1) is 0 Å². The summed E-state index contributed by atoms with van der Waals surface area (Å²) in [6.07, 6.45) is 0. The van der Waals surface area contributed by atoms with Gasteiger partial charge in [-0.3, -0.25) is 9.59 Å². The van der Waals surface area contributed by atoms with E-state index < -0.39 is 6.04 Å². The Hall–Kier alpha value is -4.06. The summed E-state index contributed by atoms with van der Waals surface area (Å²) in [4.78, 5) is 33.9. The lowest BCUT2D eigenvalue weighted by Crippen LogP contribution is -2.42. The summed E-state index contributed by atoms with van der Waals surface area (Å²) in [5.41, 5.74) is 5.40. The molecule has 35 heavy (non-hydrogen) atoms. The summed E-state index contributed by atoms with van der Waals surface area (Å²) >= 11 is 0. The zero-order valence-corrected chi connectivity index (χ0v) is 20.2. The van der Waals surface area contributed by atoms with Crippen LogP contribution in [0.3, 0.4) is 0 Å². The molecule has 1 atom stereocenters. The summed E-state index contributed by atoms with van der Waals surface area (Å²) in [6.45, 7) is 5.16. The molecule has 4 aromatic rings. The molecule has 0 saturated heterocycles. The van der Waals surface area contributed by atoms with Gasteiger partial charge in [0, 0.05) is 40.7 Å². The molecular formula is C29H29N3O3. The number of hydrogen-bond acceptors (Lipinski definition) is 3. The van der Waals surface area contributed by atoms with E-state index in [0.717, 1.165) is 39.0 Å². The molecule has 1 aliphatic rings. The third kappa shape index (κ3) is 3.85. The van der Waals surface area contributed by atoms with E-state index in [9.17, 15) is 9.59 Å². The molecule has 0 radical (unpaired) electrons. The quantitative estimate of drug-likeness (QED) is 0.403. The van der Waals surface area contributed by atoms with E-state index in [1.54, 1.807) is 16.9 Å². The normalized spacial score (nSPS) is 14.9. The standard InChI is InChI=1S/C29H29N3O3/c1-4-31(5-2)25(33)18-32-28(21-13-6-7-14-22(21)29(32)34)26-23-15-8-9-16-24(23)30-27(26)19-11-10-12-20(17-19)35-3/h6-17,28,30H,4-5,18H2,1-3H3/t28-/m1/s1. The summed E-state index contributed by atoms with van der Waals surface area (Å²) in [7, 11) is 1.65. The Morgan fingerprint density at radius 2 is 1.74 bits per heavy atom. The number of aromatic amines is 1. The second-order valence-electron chi connectivity index (χ2n) is 8.68. The Morgan fingerprint density at radius 1 is 1.00 bits per heavy atom. The van der Waals surface area contributed by atoms with Gasteiger partial charge >= 0.3 is 0 Å². The van der Waals surface area contributed by atoms with Crippen molar-refractivity contribution in [3.63, 3.8) is 0 Å². The predicted octanol–water partition coefficient (Wildman–Crippen LogP) is 5.26. The van der Waals surface area contributed by atoms with Gasteiger partial charge in [0.2, 0.25) is 5.91 Å². The smallest absolute Gasteiger partial charge is 0.255 e. The molecule has 0 saturated carbocycles. The van der Waals surface area contributed by atoms with Crippen molar-refractivity contribution in [3.05, 3.63) is 89.5 Å². The van der Waals surface area contributed by atoms with Crippen molar-refractivity contribution in [2.45, 2.75) is 19.9 Å². The van der Waals surface area contributed by atoms with Crippen LogP contribution in [-0.2, 0) is 4.79 Å². The molecule has 1 aliphatic heterocycles. The molecule has 0 fully saturated rings. The number of nitrogens with one attached hydrogen (secondary N) is 1. The van der Waals surface area contributed by atoms with Crippen molar-refractivity contribution < 1.29 is 14.3 Å². The lowest BCUT2D eigenvalue weighted by atomic mass is 9.93. The summed E-state index contributed by atoms with van der Waals surface area (Å²) in [5.74, 6) is 0.584. The van der Waals surface area contributed by atoms with Gasteiger partial charge in [-0.1, -0.05) is 48.5 Å². The Kier molecular flexibility index (Phi) is 6.03. The molecule has 0 bridgehead atoms. The number of para-hydroxylation sites is 1. The van der Waals surface area contributed by atoms with Crippen LogP contribution in [0.5, 0.6) is 5.75 Å². The number of hydrogen-bond donors (Lipinski definition) is 1. The lowest BCUT2D eigenvalue weighted by Gasteiger charge is -2.29. The Balaban J connectivity index is 1.73. The number of benzene rings is 3. The summed E-state index contributed by atoms with van der Waals surface area (Å²) < 4.78 is 5.49. The number of fused-ring (bicyclic) bond motifs is 2. The van der Waals surface area contributed by atoms with E-state index in [1.165, 1.54) is 0 Å². The summed E-state index contributed by atoms with van der Waals surface area (Å²) in [5, 5.41) is 1.03. The van der Waals surface area contributed by atoms with E-state index >= 15 is 0 Å². The van der Waals surface area contributed by atoms with E-state index in [4.69, 9.17) is 4.74 Å². The topological polar surface area (TPSA) is 65.6 Å². The first-order valence-electron chi connectivity index (χ1n) is 12.0. The number of aromatic nitrogens is 1. The molecule has 0 unspecified atom stereocenters. The minimum Gasteiger partial charge on any atom is -0.497 e. The van der Waals surface area contributed by atoms with Gasteiger partial charge in [0.1, 0.15) is 12.3 Å². The zero-order valence-electron chi connectivity index (χ0n) is 20.2. The van der Waals surface area contributed by atoms with Gasteiger partial charge in [0.15, 0.2) is 0 Å². The molecule has 6 heteroatoms. The second-order valence-corrected chi connectivity index (χ2v) is 8.68. The van der Waals surface area contributed by atoms with Crippen LogP contribution in [-0.4, -0.2) is 53.3 Å². The molecule has 2 amide bonds. The van der Waals surface area contributed by atoms with Crippen molar-refractivity contribution in [3.8, 4) is 17.0 Å². The first kappa shape index (κ1) is 22.7. The Morgan fingerprint density at radius 3 is 2.51 bits per heavy atom. The maximum absolute atomic E-state index is 13.6. The first-order valence-corrected chi connectivity index (χ1v) is 12.0. The van der Waals surface area contributed by atoms with E-state index in [2.05, 4.69) is 11.1 Å². The molecular weight excluding hydrogens is 438 g/mol. The fourth-order valence-electron chi connectivity index (χ4n) is 5.12. The van der Waals surface area contributed by atoms with Crippen molar-refractivity contribution in [2.24, 2.45) is 0 Å². The number of H-pyrrole nitrogens is 1. The van der Waals surface area contributed by atoms with Crippen LogP contribution < -0.4 is 4.74 Å². The van der Waals surface area contributed by atoms with Gasteiger partial charge in [0.25, 0.3) is 5.91 Å². The monoisotopic (exact) mass is 467 g/mol. The third-order valence-corrected chi connectivity index (χ3v) is 6.86. The SMILES string of the molecule is CCN(CC)C(=O)CN1C(=O)c2ccccc2[C@@H]1c1c(-c2cccc(OC)c2)[nH]c2ccccc12. The predicted molar refractivity (Wildman–Crippen MR) is 138 cm³/mol. The highest BCUT2D eigenvalue weighted by atomic mass is 16.5. The fourth-order valence-corrected chi connectivity index (χ4v) is 5.12. The number of rotatable bonds is 7. The first-order chi connectivity index (χ1) is 17.1. The largest absolute Gasteiger partial charge is 0.497 e. The highest BCUT2D eigenvalue weighted by Crippen LogP contribution is 2.45. The van der Waals surface area contributed by atoms with Crippen LogP contribution in [0.25, 0.3) is 22.2 Å². The van der Waals surface area contributed by atoms with Gasteiger partial charge in [-0.05, 0) is 43.7 Å². The molecule has 5 rings (SSSR count). The fraction of sp³-hybridized carbons (Fsp3) is 0.241. The minimum atomic E-state index is -0.393. The Labute approximate surface area is 205 Å². The maximum Gasteiger partial charge on any atom is 0.255 e. The molecule has 1 aromatic heterocycles. The molecule has 2 heterocycles. The molecule has 1 N–H and O–H groups in total. The van der Waals surface area contributed by atoms with Crippen LogP contribution in [0.15, 0.2) is 72.8 Å². The average Bonchev–Trinajstić information content (AvgIpc) is 3.40. The molecule has 178 valence electrons. The molecule has 0 aliphatic carbocycles. The van der Waals surface area contributed by atoms with E-state index in [0.29, 0.717) is 18.7 Å². The van der Waals surface area contributed by atoms with Crippen LogP contribution >= 0.6 is 0 Å². The third-order valence-electron chi connectivity index (χ3n) is 6.86. The van der Waals surface area contributed by atoms with Gasteiger partial charge in [-0.2, -0.15) is 0 Å². The maximum atomic E-state index is 13.6. The van der Waals surface area contributed by atoms with Crippen LogP contribution in [0.1, 0.15) is 41.4 Å². The van der Waals surface area contributed by atoms with Crippen molar-refractivity contribution in [1.29, 1.82) is 0 Å². The van der Waals surface area contributed by atoms with E-state index in [1.807, 2.05) is 80.6 Å². The zero-order chi connectivity index (χ0) is 24.5.